The first-order valence-corrected chi connectivity index (χ1v) is 9.87. The van der Waals surface area contributed by atoms with Crippen LogP contribution >= 0.6 is 0 Å². The molecule has 3 atom stereocenters. The Morgan fingerprint density at radius 3 is 3.00 bits per heavy atom. The molecule has 130 valence electrons. The van der Waals surface area contributed by atoms with E-state index >= 15 is 0 Å². The normalized spacial score (nSPS) is 22.5. The zero-order valence-corrected chi connectivity index (χ0v) is 15.2. The van der Waals surface area contributed by atoms with Crippen LogP contribution in [0.4, 0.5) is 0 Å². The molecule has 0 amide bonds. The van der Waals surface area contributed by atoms with Gasteiger partial charge < -0.3 is 10.6 Å². The van der Waals surface area contributed by atoms with Gasteiger partial charge in [-0.2, -0.15) is 5.26 Å². The highest BCUT2D eigenvalue weighted by Gasteiger charge is 2.25. The van der Waals surface area contributed by atoms with Crippen LogP contribution in [0.3, 0.4) is 0 Å². The van der Waals surface area contributed by atoms with E-state index in [4.69, 9.17) is 5.26 Å². The van der Waals surface area contributed by atoms with Crippen molar-refractivity contribution < 1.29 is 4.21 Å². The van der Waals surface area contributed by atoms with Crippen LogP contribution in [-0.4, -0.2) is 34.3 Å². The van der Waals surface area contributed by atoms with E-state index in [9.17, 15) is 4.21 Å². The molecule has 3 unspecified atom stereocenters. The van der Waals surface area contributed by atoms with Crippen LogP contribution in [0, 0.1) is 11.3 Å². The van der Waals surface area contributed by atoms with Crippen molar-refractivity contribution in [1.29, 1.82) is 5.26 Å². The number of guanidine groups is 1. The summed E-state index contributed by atoms with van der Waals surface area (Å²) in [5, 5.41) is 16.0. The van der Waals surface area contributed by atoms with Gasteiger partial charge in [0.1, 0.15) is 0 Å². The van der Waals surface area contributed by atoms with Gasteiger partial charge in [-0.05, 0) is 37.0 Å². The SMILES string of the molecule is CCS(=O)C1CCCC(NC(=NC)NCc2cccc(C#N)c2)C1. The Balaban J connectivity index is 1.88. The molecule has 1 aliphatic carbocycles. The van der Waals surface area contributed by atoms with E-state index in [1.807, 2.05) is 25.1 Å². The molecule has 1 aromatic carbocycles. The van der Waals surface area contributed by atoms with Gasteiger partial charge in [0.15, 0.2) is 5.96 Å². The van der Waals surface area contributed by atoms with Crippen LogP contribution in [0.25, 0.3) is 0 Å². The number of aliphatic imine (C=N–C) groups is 1. The number of hydrogen-bond acceptors (Lipinski definition) is 3. The zero-order chi connectivity index (χ0) is 17.4. The number of nitrogens with one attached hydrogen (secondary N) is 2. The third kappa shape index (κ3) is 5.34. The minimum Gasteiger partial charge on any atom is -0.354 e. The molecular weight excluding hydrogens is 320 g/mol. The van der Waals surface area contributed by atoms with Crippen molar-refractivity contribution in [3.63, 3.8) is 0 Å². The van der Waals surface area contributed by atoms with Crippen molar-refractivity contribution in [1.82, 2.24) is 10.6 Å². The highest BCUT2D eigenvalue weighted by molar-refractivity contribution is 7.85. The molecule has 1 aliphatic rings. The number of benzene rings is 1. The molecule has 5 nitrogen and oxygen atoms in total. The van der Waals surface area contributed by atoms with E-state index in [1.165, 1.54) is 0 Å². The summed E-state index contributed by atoms with van der Waals surface area (Å²) < 4.78 is 12.0. The molecule has 1 saturated carbocycles. The van der Waals surface area contributed by atoms with Gasteiger partial charge in [0.2, 0.25) is 0 Å². The van der Waals surface area contributed by atoms with Gasteiger partial charge in [-0.25, -0.2) is 0 Å². The summed E-state index contributed by atoms with van der Waals surface area (Å²) >= 11 is 0. The van der Waals surface area contributed by atoms with Crippen LogP contribution in [0.15, 0.2) is 29.3 Å². The zero-order valence-electron chi connectivity index (χ0n) is 14.4. The second-order valence-electron chi connectivity index (χ2n) is 6.04. The van der Waals surface area contributed by atoms with E-state index in [0.717, 1.165) is 43.0 Å². The molecule has 0 radical (unpaired) electrons. The second kappa shape index (κ2) is 9.43. The molecule has 0 aliphatic heterocycles. The molecular formula is C18H26N4OS. The lowest BCUT2D eigenvalue weighted by molar-refractivity contribution is 0.413. The van der Waals surface area contributed by atoms with Gasteiger partial charge in [0.05, 0.1) is 11.6 Å². The van der Waals surface area contributed by atoms with Gasteiger partial charge in [-0.3, -0.25) is 9.20 Å². The number of hydrogen-bond donors (Lipinski definition) is 2. The van der Waals surface area contributed by atoms with E-state index in [1.54, 1.807) is 13.1 Å². The summed E-state index contributed by atoms with van der Waals surface area (Å²) in [4.78, 5) is 4.28. The molecule has 0 heterocycles. The quantitative estimate of drug-likeness (QED) is 0.633. The summed E-state index contributed by atoms with van der Waals surface area (Å²) in [6.07, 6.45) is 4.19. The van der Waals surface area contributed by atoms with Crippen LogP contribution in [0.5, 0.6) is 0 Å². The lowest BCUT2D eigenvalue weighted by Crippen LogP contribution is -2.46. The summed E-state index contributed by atoms with van der Waals surface area (Å²) in [6, 6.07) is 10.0. The average molecular weight is 347 g/mol. The molecule has 0 aromatic heterocycles. The van der Waals surface area contributed by atoms with Crippen LogP contribution < -0.4 is 10.6 Å². The molecule has 0 spiro atoms. The first-order chi connectivity index (χ1) is 11.7. The molecule has 6 heteroatoms. The molecule has 24 heavy (non-hydrogen) atoms. The predicted octanol–water partition coefficient (Wildman–Crippen LogP) is 2.30. The fourth-order valence-corrected chi connectivity index (χ4v) is 4.42. The molecule has 1 fully saturated rings. The minimum absolute atomic E-state index is 0.298. The first-order valence-electron chi connectivity index (χ1n) is 8.49. The first kappa shape index (κ1) is 18.5. The van der Waals surface area contributed by atoms with Crippen LogP contribution in [0.2, 0.25) is 0 Å². The number of rotatable bonds is 5. The Bertz CT molecular complexity index is 638. The third-order valence-corrected chi connectivity index (χ3v) is 6.10. The van der Waals surface area contributed by atoms with E-state index in [-0.39, 0.29) is 0 Å². The summed E-state index contributed by atoms with van der Waals surface area (Å²) in [5.41, 5.74) is 1.71. The standard InChI is InChI=1S/C18H26N4OS/c1-3-24(23)17-9-5-8-16(11-17)22-18(20-2)21-13-15-7-4-6-14(10-15)12-19/h4,6-7,10,16-17H,3,5,8-9,11,13H2,1-2H3,(H2,20,21,22). The lowest BCUT2D eigenvalue weighted by Gasteiger charge is -2.30. The number of nitriles is 1. The lowest BCUT2D eigenvalue weighted by atomic mass is 9.95. The molecule has 2 rings (SSSR count). The van der Waals surface area contributed by atoms with Gasteiger partial charge in [-0.15, -0.1) is 0 Å². The largest absolute Gasteiger partial charge is 0.354 e. The van der Waals surface area contributed by atoms with Gasteiger partial charge in [0, 0.05) is 41.4 Å². The van der Waals surface area contributed by atoms with Gasteiger partial charge in [-0.1, -0.05) is 25.5 Å². The maximum Gasteiger partial charge on any atom is 0.191 e. The fourth-order valence-electron chi connectivity index (χ4n) is 3.08. The number of nitrogens with zero attached hydrogens (tertiary/aromatic N) is 2. The highest BCUT2D eigenvalue weighted by Crippen LogP contribution is 2.22. The Morgan fingerprint density at radius 2 is 2.29 bits per heavy atom. The average Bonchev–Trinajstić information content (AvgIpc) is 2.64. The maximum absolute atomic E-state index is 12.0. The summed E-state index contributed by atoms with van der Waals surface area (Å²) in [7, 11) is 1.04. The molecule has 1 aromatic rings. The van der Waals surface area contributed by atoms with Crippen LogP contribution in [-0.2, 0) is 17.3 Å². The van der Waals surface area contributed by atoms with Crippen molar-refractivity contribution in [2.75, 3.05) is 12.8 Å². The Hall–Kier alpha value is -1.87. The maximum atomic E-state index is 12.0. The van der Waals surface area contributed by atoms with Gasteiger partial charge in [0.25, 0.3) is 0 Å². The molecule has 0 saturated heterocycles. The van der Waals surface area contributed by atoms with E-state index < -0.39 is 10.8 Å². The smallest absolute Gasteiger partial charge is 0.191 e. The summed E-state index contributed by atoms with van der Waals surface area (Å²) in [5.74, 6) is 1.49. The Kier molecular flexibility index (Phi) is 7.26. The van der Waals surface area contributed by atoms with Crippen molar-refractivity contribution in [3.05, 3.63) is 35.4 Å². The topological polar surface area (TPSA) is 77.3 Å². The Labute approximate surface area is 147 Å². The van der Waals surface area contributed by atoms with Crippen LogP contribution in [0.1, 0.15) is 43.7 Å². The second-order valence-corrected chi connectivity index (χ2v) is 8.04. The predicted molar refractivity (Wildman–Crippen MR) is 99.2 cm³/mol. The molecule has 2 N–H and O–H groups in total. The van der Waals surface area contributed by atoms with Gasteiger partial charge >= 0.3 is 0 Å². The van der Waals surface area contributed by atoms with E-state index in [0.29, 0.717) is 23.4 Å². The van der Waals surface area contributed by atoms with Crippen molar-refractivity contribution in [2.24, 2.45) is 4.99 Å². The Morgan fingerprint density at radius 1 is 1.46 bits per heavy atom. The fraction of sp³-hybridized carbons (Fsp3) is 0.556. The minimum atomic E-state index is -0.719. The highest BCUT2D eigenvalue weighted by atomic mass is 32.2. The van der Waals surface area contributed by atoms with Crippen molar-refractivity contribution in [2.45, 2.75) is 50.4 Å². The van der Waals surface area contributed by atoms with E-state index in [2.05, 4.69) is 21.7 Å². The van der Waals surface area contributed by atoms with Crippen molar-refractivity contribution in [3.8, 4) is 6.07 Å². The third-order valence-electron chi connectivity index (χ3n) is 4.36. The molecule has 0 bridgehead atoms. The monoisotopic (exact) mass is 346 g/mol. The summed E-state index contributed by atoms with van der Waals surface area (Å²) in [6.45, 7) is 2.61. The van der Waals surface area contributed by atoms with Crippen molar-refractivity contribution >= 4 is 16.8 Å².